The van der Waals surface area contributed by atoms with E-state index >= 15 is 0 Å². The molecule has 0 aliphatic heterocycles. The molecular formula is C63H64N2. The molecule has 0 amide bonds. The maximum absolute atomic E-state index is 5.41. The number of aryl methyl sites for hydroxylation is 2. The molecule has 2 aromatic heterocycles. The van der Waals surface area contributed by atoms with Crippen molar-refractivity contribution >= 4 is 43.4 Å². The Labute approximate surface area is 387 Å². The molecule has 326 valence electrons. The first kappa shape index (κ1) is 42.8. The van der Waals surface area contributed by atoms with Gasteiger partial charge in [-0.15, -0.1) is 0 Å². The fourth-order valence-corrected chi connectivity index (χ4v) is 11.2. The summed E-state index contributed by atoms with van der Waals surface area (Å²) in [5.74, 6) is 0. The molecule has 2 heterocycles. The second-order valence-electron chi connectivity index (χ2n) is 19.4. The highest BCUT2D eigenvalue weighted by molar-refractivity contribution is 6.04. The van der Waals surface area contributed by atoms with Gasteiger partial charge in [-0.25, -0.2) is 4.98 Å². The summed E-state index contributed by atoms with van der Waals surface area (Å²) >= 11 is 0. The van der Waals surface area contributed by atoms with E-state index in [0.717, 1.165) is 33.1 Å². The van der Waals surface area contributed by atoms with Crippen LogP contribution in [0.1, 0.15) is 126 Å². The first-order chi connectivity index (χ1) is 31.9. The minimum Gasteiger partial charge on any atom is -0.254 e. The standard InChI is InChI=1S/C63H64N2/c1-5-7-9-11-13-15-31-63(32-16-14-12-10-8-6-2)58-35-44(4)20-28-56(58)57-29-26-50(42-59(57)63)54-39-53(49-25-24-48-36-51-34-43(3)19-21-47(51)37-52(48)38-49)40-55(41-54)60-30-27-46-23-22-45-18-17-33-64-61(45)62(46)65-60/h17-30,33-42H,5-16,31-32H2,1-4H3. The Hall–Kier alpha value is -6.12. The molecule has 7 aromatic carbocycles. The zero-order valence-corrected chi connectivity index (χ0v) is 39.2. The molecule has 0 spiro atoms. The van der Waals surface area contributed by atoms with Gasteiger partial charge in [0.15, 0.2) is 0 Å². The summed E-state index contributed by atoms with van der Waals surface area (Å²) in [5, 5.41) is 7.30. The van der Waals surface area contributed by atoms with Crippen molar-refractivity contribution in [1.82, 2.24) is 9.97 Å². The fourth-order valence-electron chi connectivity index (χ4n) is 11.2. The number of unbranched alkanes of at least 4 members (excludes halogenated alkanes) is 10. The maximum Gasteiger partial charge on any atom is 0.0972 e. The van der Waals surface area contributed by atoms with Crippen LogP contribution in [0.3, 0.4) is 0 Å². The van der Waals surface area contributed by atoms with Gasteiger partial charge in [0.2, 0.25) is 0 Å². The van der Waals surface area contributed by atoms with Crippen LogP contribution in [-0.2, 0) is 5.41 Å². The highest BCUT2D eigenvalue weighted by Crippen LogP contribution is 2.55. The lowest BCUT2D eigenvalue weighted by Gasteiger charge is -2.33. The van der Waals surface area contributed by atoms with Gasteiger partial charge in [0, 0.05) is 27.9 Å². The molecular weight excluding hydrogens is 785 g/mol. The van der Waals surface area contributed by atoms with Crippen LogP contribution in [0.15, 0.2) is 146 Å². The lowest BCUT2D eigenvalue weighted by molar-refractivity contribution is 0.398. The molecule has 2 heteroatoms. The molecule has 9 aromatic rings. The van der Waals surface area contributed by atoms with Crippen LogP contribution in [-0.4, -0.2) is 9.97 Å². The average molecular weight is 849 g/mol. The largest absolute Gasteiger partial charge is 0.254 e. The third kappa shape index (κ3) is 8.61. The molecule has 1 aliphatic rings. The number of aromatic nitrogens is 2. The molecule has 0 N–H and O–H groups in total. The Bertz CT molecular complexity index is 3160. The minimum absolute atomic E-state index is 0.0102. The monoisotopic (exact) mass is 849 g/mol. The quantitative estimate of drug-likeness (QED) is 0.0518. The molecule has 0 saturated heterocycles. The highest BCUT2D eigenvalue weighted by Gasteiger charge is 2.42. The topological polar surface area (TPSA) is 25.8 Å². The number of hydrogen-bond acceptors (Lipinski definition) is 2. The summed E-state index contributed by atoms with van der Waals surface area (Å²) in [4.78, 5) is 10.2. The van der Waals surface area contributed by atoms with E-state index in [2.05, 4.69) is 161 Å². The molecule has 0 saturated carbocycles. The van der Waals surface area contributed by atoms with Crippen molar-refractivity contribution in [3.8, 4) is 44.6 Å². The van der Waals surface area contributed by atoms with Gasteiger partial charge in [-0.3, -0.25) is 4.98 Å². The van der Waals surface area contributed by atoms with E-state index in [9.17, 15) is 0 Å². The number of benzene rings is 7. The average Bonchev–Trinajstić information content (AvgIpc) is 3.60. The molecule has 1 aliphatic carbocycles. The zero-order chi connectivity index (χ0) is 44.3. The van der Waals surface area contributed by atoms with Crippen molar-refractivity contribution in [3.63, 3.8) is 0 Å². The van der Waals surface area contributed by atoms with Crippen LogP contribution in [0.4, 0.5) is 0 Å². The Morgan fingerprint density at radius 1 is 0.385 bits per heavy atom. The lowest BCUT2D eigenvalue weighted by atomic mass is 9.70. The minimum atomic E-state index is 0.0102. The van der Waals surface area contributed by atoms with Gasteiger partial charge in [-0.05, 0) is 147 Å². The number of fused-ring (bicyclic) bond motifs is 8. The van der Waals surface area contributed by atoms with E-state index in [0.29, 0.717) is 0 Å². The summed E-state index contributed by atoms with van der Waals surface area (Å²) in [6, 6.07) is 53.3. The van der Waals surface area contributed by atoms with Crippen LogP contribution in [0, 0.1) is 13.8 Å². The van der Waals surface area contributed by atoms with E-state index < -0.39 is 0 Å². The van der Waals surface area contributed by atoms with E-state index in [-0.39, 0.29) is 5.41 Å². The lowest BCUT2D eigenvalue weighted by Crippen LogP contribution is -2.25. The summed E-state index contributed by atoms with van der Waals surface area (Å²) in [7, 11) is 0. The van der Waals surface area contributed by atoms with Gasteiger partial charge in [0.1, 0.15) is 0 Å². The molecule has 2 nitrogen and oxygen atoms in total. The van der Waals surface area contributed by atoms with Gasteiger partial charge in [-0.2, -0.15) is 0 Å². The predicted octanol–water partition coefficient (Wildman–Crippen LogP) is 18.5. The molecule has 0 unspecified atom stereocenters. The summed E-state index contributed by atoms with van der Waals surface area (Å²) in [6.07, 6.45) is 20.1. The van der Waals surface area contributed by atoms with Crippen molar-refractivity contribution in [2.24, 2.45) is 0 Å². The normalized spacial score (nSPS) is 13.0. The molecule has 0 bridgehead atoms. The van der Waals surface area contributed by atoms with Gasteiger partial charge in [0.25, 0.3) is 0 Å². The van der Waals surface area contributed by atoms with Gasteiger partial charge < -0.3 is 0 Å². The Morgan fingerprint density at radius 3 is 1.63 bits per heavy atom. The van der Waals surface area contributed by atoms with Crippen molar-refractivity contribution in [2.75, 3.05) is 0 Å². The summed E-state index contributed by atoms with van der Waals surface area (Å²) < 4.78 is 0. The molecule has 65 heavy (non-hydrogen) atoms. The van der Waals surface area contributed by atoms with Crippen molar-refractivity contribution in [1.29, 1.82) is 0 Å². The summed E-state index contributed by atoms with van der Waals surface area (Å²) in [6.45, 7) is 9.11. The molecule has 0 fully saturated rings. The maximum atomic E-state index is 5.41. The van der Waals surface area contributed by atoms with Gasteiger partial charge in [-0.1, -0.05) is 187 Å². The number of hydrogen-bond donors (Lipinski definition) is 0. The Kier molecular flexibility index (Phi) is 12.4. The van der Waals surface area contributed by atoms with E-state index in [1.807, 2.05) is 12.3 Å². The Morgan fingerprint density at radius 2 is 0.908 bits per heavy atom. The van der Waals surface area contributed by atoms with E-state index in [4.69, 9.17) is 9.97 Å². The van der Waals surface area contributed by atoms with Crippen LogP contribution < -0.4 is 0 Å². The van der Waals surface area contributed by atoms with Crippen LogP contribution >= 0.6 is 0 Å². The van der Waals surface area contributed by atoms with Gasteiger partial charge in [0.05, 0.1) is 16.7 Å². The van der Waals surface area contributed by atoms with Crippen molar-refractivity contribution in [3.05, 3.63) is 168 Å². The van der Waals surface area contributed by atoms with Crippen LogP contribution in [0.2, 0.25) is 0 Å². The Balaban J connectivity index is 1.12. The fraction of sp³-hybridized carbons (Fsp3) is 0.302. The number of rotatable bonds is 17. The van der Waals surface area contributed by atoms with E-state index in [1.165, 1.54) is 156 Å². The summed E-state index contributed by atoms with van der Waals surface area (Å²) in [5.41, 5.74) is 17.6. The SMILES string of the molecule is CCCCCCCCC1(CCCCCCCC)c2cc(C)ccc2-c2ccc(-c3cc(-c4ccc5cc6cc(C)ccc6cc5c4)cc(-c4ccc5ccc6cccnc6c5n4)c3)cc21. The van der Waals surface area contributed by atoms with Gasteiger partial charge >= 0.3 is 0 Å². The van der Waals surface area contributed by atoms with Crippen molar-refractivity contribution in [2.45, 2.75) is 123 Å². The van der Waals surface area contributed by atoms with Crippen LogP contribution in [0.5, 0.6) is 0 Å². The third-order valence-corrected chi connectivity index (χ3v) is 14.7. The first-order valence-electron chi connectivity index (χ1n) is 24.9. The van der Waals surface area contributed by atoms with Crippen molar-refractivity contribution < 1.29 is 0 Å². The predicted molar refractivity (Wildman–Crippen MR) is 280 cm³/mol. The smallest absolute Gasteiger partial charge is 0.0972 e. The van der Waals surface area contributed by atoms with E-state index in [1.54, 1.807) is 11.1 Å². The second-order valence-corrected chi connectivity index (χ2v) is 19.4. The zero-order valence-electron chi connectivity index (χ0n) is 39.2. The number of nitrogens with zero attached hydrogens (tertiary/aromatic N) is 2. The second kappa shape index (κ2) is 18.8. The van der Waals surface area contributed by atoms with Crippen LogP contribution in [0.25, 0.3) is 88.0 Å². The highest BCUT2D eigenvalue weighted by atomic mass is 14.8. The molecule has 0 radical (unpaired) electrons. The molecule has 0 atom stereocenters. The number of pyridine rings is 2. The third-order valence-electron chi connectivity index (χ3n) is 14.7. The molecule has 10 rings (SSSR count). The first-order valence-corrected chi connectivity index (χ1v) is 24.9.